The van der Waals surface area contributed by atoms with E-state index in [4.69, 9.17) is 19.4 Å². The monoisotopic (exact) mass is 680 g/mol. The van der Waals surface area contributed by atoms with Gasteiger partial charge < -0.3 is 19.9 Å². The molecule has 0 spiro atoms. The highest BCUT2D eigenvalue weighted by Crippen LogP contribution is 2.37. The molecule has 1 amide bonds. The summed E-state index contributed by atoms with van der Waals surface area (Å²) < 4.78 is 10.4. The second-order valence-corrected chi connectivity index (χ2v) is 16.5. The molecule has 2 N–H and O–H groups in total. The van der Waals surface area contributed by atoms with E-state index < -0.39 is 29.1 Å². The molecule has 0 bridgehead atoms. The van der Waals surface area contributed by atoms with Crippen molar-refractivity contribution < 1.29 is 38.6 Å². The van der Waals surface area contributed by atoms with E-state index in [1.807, 2.05) is 20.8 Å². The summed E-state index contributed by atoms with van der Waals surface area (Å²) in [6.45, 7) is 10.8. The standard InChI is InChI=1S/C14H25NO4.C12H23N.C12H20O4/c1-14(2,3)19-12(16)9-11(8-10-6-7-10)13(17)15(4)18-5;1-3-7-11(8-4-1)13-12-9-5-2-6-10-12;1-12(2,3)16-10(13)7-9(11(14)15)6-8-4-5-8/h10-11H,6-9H2,1-5H3;11-13H,1-10H2;8-9H,4-7H2,1-3H3,(H,14,15)/t11-;;9-/m1.1/s1. The Morgan fingerprint density at radius 2 is 1.04 bits per heavy atom. The number of hydrogen-bond acceptors (Lipinski definition) is 8. The molecule has 0 radical (unpaired) electrons. The van der Waals surface area contributed by atoms with Crippen molar-refractivity contribution >= 4 is 23.8 Å². The molecule has 278 valence electrons. The van der Waals surface area contributed by atoms with Gasteiger partial charge in [0.25, 0.3) is 0 Å². The van der Waals surface area contributed by atoms with Crippen LogP contribution in [0.5, 0.6) is 0 Å². The Bertz CT molecular complexity index is 968. The average molecular weight is 681 g/mol. The van der Waals surface area contributed by atoms with Gasteiger partial charge in [-0.05, 0) is 91.9 Å². The van der Waals surface area contributed by atoms with Gasteiger partial charge in [0.1, 0.15) is 11.2 Å². The van der Waals surface area contributed by atoms with Gasteiger partial charge in [0.15, 0.2) is 0 Å². The molecule has 4 rings (SSSR count). The molecule has 10 heteroatoms. The summed E-state index contributed by atoms with van der Waals surface area (Å²) in [4.78, 5) is 51.3. The van der Waals surface area contributed by atoms with Crippen molar-refractivity contribution in [3.8, 4) is 0 Å². The summed E-state index contributed by atoms with van der Waals surface area (Å²) in [6, 6.07) is 1.74. The van der Waals surface area contributed by atoms with E-state index in [1.54, 1.807) is 27.8 Å². The van der Waals surface area contributed by atoms with Crippen LogP contribution >= 0.6 is 0 Å². The molecular weight excluding hydrogens is 612 g/mol. The number of aliphatic carboxylic acids is 1. The van der Waals surface area contributed by atoms with Gasteiger partial charge in [-0.2, -0.15) is 0 Å². The maximum Gasteiger partial charge on any atom is 0.307 e. The van der Waals surface area contributed by atoms with E-state index in [-0.39, 0.29) is 30.6 Å². The molecule has 0 saturated heterocycles. The van der Waals surface area contributed by atoms with Crippen molar-refractivity contribution in [1.29, 1.82) is 0 Å². The van der Waals surface area contributed by atoms with Gasteiger partial charge >= 0.3 is 17.9 Å². The Morgan fingerprint density at radius 1 is 0.667 bits per heavy atom. The third-order valence-corrected chi connectivity index (χ3v) is 9.26. The average Bonchev–Trinajstić information content (AvgIpc) is 3.93. The fraction of sp³-hybridized carbons (Fsp3) is 0.895. The summed E-state index contributed by atoms with van der Waals surface area (Å²) in [7, 11) is 3.01. The van der Waals surface area contributed by atoms with Crippen LogP contribution in [0.2, 0.25) is 0 Å². The highest BCUT2D eigenvalue weighted by molar-refractivity contribution is 5.83. The van der Waals surface area contributed by atoms with E-state index in [9.17, 15) is 19.2 Å². The van der Waals surface area contributed by atoms with Crippen molar-refractivity contribution in [2.24, 2.45) is 23.7 Å². The van der Waals surface area contributed by atoms with Crippen molar-refractivity contribution in [2.75, 3.05) is 14.2 Å². The van der Waals surface area contributed by atoms with Gasteiger partial charge in [-0.3, -0.25) is 24.0 Å². The minimum Gasteiger partial charge on any atom is -0.481 e. The van der Waals surface area contributed by atoms with E-state index in [0.29, 0.717) is 18.3 Å². The molecular formula is C38H68N2O8. The summed E-state index contributed by atoms with van der Waals surface area (Å²) in [6.07, 6.45) is 20.5. The van der Waals surface area contributed by atoms with Gasteiger partial charge in [-0.15, -0.1) is 0 Å². The molecule has 10 nitrogen and oxygen atoms in total. The van der Waals surface area contributed by atoms with Crippen LogP contribution in [0, 0.1) is 23.7 Å². The molecule has 4 aliphatic rings. The minimum absolute atomic E-state index is 0.0108. The molecule has 48 heavy (non-hydrogen) atoms. The van der Waals surface area contributed by atoms with E-state index in [2.05, 4.69) is 5.32 Å². The van der Waals surface area contributed by atoms with Crippen molar-refractivity contribution in [1.82, 2.24) is 10.4 Å². The van der Waals surface area contributed by atoms with E-state index in [0.717, 1.165) is 44.2 Å². The zero-order valence-corrected chi connectivity index (χ0v) is 31.4. The predicted octanol–water partition coefficient (Wildman–Crippen LogP) is 7.61. The number of carbonyl (C=O) groups excluding carboxylic acids is 3. The minimum atomic E-state index is -0.891. The largest absolute Gasteiger partial charge is 0.481 e. The Balaban J connectivity index is 0.000000254. The molecule has 0 aromatic rings. The number of carboxylic acid groups (broad SMARTS) is 1. The lowest BCUT2D eigenvalue weighted by Gasteiger charge is -2.30. The molecule has 0 aliphatic heterocycles. The second-order valence-electron chi connectivity index (χ2n) is 16.5. The molecule has 0 unspecified atom stereocenters. The van der Waals surface area contributed by atoms with Crippen molar-refractivity contribution in [2.45, 2.75) is 180 Å². The van der Waals surface area contributed by atoms with Crippen LogP contribution in [0.25, 0.3) is 0 Å². The summed E-state index contributed by atoms with van der Waals surface area (Å²) in [5.41, 5.74) is -1.06. The second kappa shape index (κ2) is 20.5. The summed E-state index contributed by atoms with van der Waals surface area (Å²) in [5, 5.41) is 14.0. The number of nitrogens with one attached hydrogen (secondary N) is 1. The van der Waals surface area contributed by atoms with Crippen LogP contribution in [0.1, 0.15) is 157 Å². The van der Waals surface area contributed by atoms with Gasteiger partial charge in [0.2, 0.25) is 5.91 Å². The van der Waals surface area contributed by atoms with Crippen LogP contribution in [0.3, 0.4) is 0 Å². The Labute approximate surface area is 290 Å². The Kier molecular flexibility index (Phi) is 17.9. The zero-order valence-electron chi connectivity index (χ0n) is 31.4. The van der Waals surface area contributed by atoms with Gasteiger partial charge in [0.05, 0.1) is 31.8 Å². The Hall–Kier alpha value is -2.20. The first-order valence-corrected chi connectivity index (χ1v) is 18.7. The SMILES string of the molecule is C1CCC(NC2CCCCC2)CC1.CC(C)(C)OC(=O)C[C@@H](CC1CC1)C(=O)O.CON(C)C(=O)[C@@H](CC(=O)OC(C)(C)C)CC1CC1. The lowest BCUT2D eigenvalue weighted by atomic mass is 9.91. The number of amides is 1. The fourth-order valence-electron chi connectivity index (χ4n) is 6.44. The zero-order chi connectivity index (χ0) is 35.9. The highest BCUT2D eigenvalue weighted by Gasteiger charge is 2.34. The molecule has 0 aromatic heterocycles. The number of esters is 2. The number of carbonyl (C=O) groups is 4. The number of ether oxygens (including phenoxy) is 2. The van der Waals surface area contributed by atoms with Crippen molar-refractivity contribution in [3.05, 3.63) is 0 Å². The number of hydroxylamine groups is 2. The predicted molar refractivity (Wildman–Crippen MR) is 187 cm³/mol. The van der Waals surface area contributed by atoms with Crippen LogP contribution in [-0.2, 0) is 33.5 Å². The maximum atomic E-state index is 12.1. The molecule has 0 heterocycles. The maximum absolute atomic E-state index is 12.1. The third-order valence-electron chi connectivity index (χ3n) is 9.26. The Morgan fingerprint density at radius 3 is 1.38 bits per heavy atom. The fourth-order valence-corrected chi connectivity index (χ4v) is 6.44. The van der Waals surface area contributed by atoms with Crippen LogP contribution in [0.15, 0.2) is 0 Å². The van der Waals surface area contributed by atoms with E-state index >= 15 is 0 Å². The van der Waals surface area contributed by atoms with Gasteiger partial charge in [-0.1, -0.05) is 64.2 Å². The quantitative estimate of drug-likeness (QED) is 0.149. The number of hydrogen-bond donors (Lipinski definition) is 2. The lowest BCUT2D eigenvalue weighted by molar-refractivity contribution is -0.177. The van der Waals surface area contributed by atoms with Gasteiger partial charge in [0, 0.05) is 19.1 Å². The summed E-state index contributed by atoms with van der Waals surface area (Å²) in [5.74, 6) is -1.63. The number of nitrogens with zero attached hydrogens (tertiary/aromatic N) is 1. The van der Waals surface area contributed by atoms with Gasteiger partial charge in [-0.25, -0.2) is 5.06 Å². The smallest absolute Gasteiger partial charge is 0.307 e. The third kappa shape index (κ3) is 19.7. The number of rotatable bonds is 13. The molecule has 4 aliphatic carbocycles. The van der Waals surface area contributed by atoms with E-state index in [1.165, 1.54) is 76.4 Å². The first kappa shape index (κ1) is 42.0. The number of carboxylic acids is 1. The molecule has 0 aromatic carbocycles. The molecule has 4 fully saturated rings. The van der Waals surface area contributed by atoms with Crippen LogP contribution in [0.4, 0.5) is 0 Å². The molecule has 2 atom stereocenters. The van der Waals surface area contributed by atoms with Crippen molar-refractivity contribution in [3.63, 3.8) is 0 Å². The normalized spacial score (nSPS) is 20.2. The van der Waals surface area contributed by atoms with Crippen LogP contribution in [-0.4, -0.2) is 71.4 Å². The van der Waals surface area contributed by atoms with Crippen LogP contribution < -0.4 is 5.32 Å². The topological polar surface area (TPSA) is 131 Å². The highest BCUT2D eigenvalue weighted by atomic mass is 16.7. The summed E-state index contributed by atoms with van der Waals surface area (Å²) >= 11 is 0. The first-order chi connectivity index (χ1) is 22.5. The first-order valence-electron chi connectivity index (χ1n) is 18.7. The lowest BCUT2D eigenvalue weighted by Crippen LogP contribution is -2.40. The molecule has 4 saturated carbocycles.